The third-order valence-corrected chi connectivity index (χ3v) is 2.63. The van der Waals surface area contributed by atoms with E-state index < -0.39 is 23.8 Å². The molecule has 1 aromatic carbocycles. The van der Waals surface area contributed by atoms with Crippen LogP contribution >= 0.6 is 0 Å². The van der Waals surface area contributed by atoms with Gasteiger partial charge in [-0.1, -0.05) is 30.3 Å². The van der Waals surface area contributed by atoms with Gasteiger partial charge in [-0.15, -0.1) is 0 Å². The second kappa shape index (κ2) is 7.26. The van der Waals surface area contributed by atoms with Gasteiger partial charge in [0.25, 0.3) is 0 Å². The van der Waals surface area contributed by atoms with Crippen LogP contribution in [-0.4, -0.2) is 36.5 Å². The number of nitrogens with one attached hydrogen (secondary N) is 2. The van der Waals surface area contributed by atoms with E-state index in [1.165, 1.54) is 0 Å². The average Bonchev–Trinajstić information content (AvgIpc) is 2.35. The summed E-state index contributed by atoms with van der Waals surface area (Å²) in [6, 6.07) is 8.83. The molecule has 0 bridgehead atoms. The van der Waals surface area contributed by atoms with E-state index in [4.69, 9.17) is 4.74 Å². The minimum atomic E-state index is -0.741. The molecule has 0 aliphatic heterocycles. The van der Waals surface area contributed by atoms with Crippen LogP contribution in [0.4, 0.5) is 4.79 Å². The second-order valence-corrected chi connectivity index (χ2v) is 5.66. The fraction of sp³-hybridized carbons (Fsp3) is 0.533. The number of benzene rings is 1. The van der Waals surface area contributed by atoms with Crippen molar-refractivity contribution in [3.63, 3.8) is 0 Å². The Labute approximate surface area is 120 Å². The van der Waals surface area contributed by atoms with Crippen molar-refractivity contribution < 1.29 is 14.6 Å². The van der Waals surface area contributed by atoms with Gasteiger partial charge >= 0.3 is 6.09 Å². The first-order chi connectivity index (χ1) is 9.33. The van der Waals surface area contributed by atoms with Gasteiger partial charge in [-0.25, -0.2) is 4.79 Å². The molecule has 1 amide bonds. The summed E-state index contributed by atoms with van der Waals surface area (Å²) in [4.78, 5) is 11.9. The van der Waals surface area contributed by atoms with Crippen LogP contribution < -0.4 is 10.6 Å². The molecule has 2 unspecified atom stereocenters. The molecule has 112 valence electrons. The van der Waals surface area contributed by atoms with E-state index in [0.717, 1.165) is 5.56 Å². The van der Waals surface area contributed by atoms with Gasteiger partial charge in [0.2, 0.25) is 0 Å². The van der Waals surface area contributed by atoms with Crippen molar-refractivity contribution in [2.45, 2.75) is 38.5 Å². The molecule has 5 heteroatoms. The monoisotopic (exact) mass is 280 g/mol. The molecule has 0 fully saturated rings. The standard InChI is InChI=1S/C15H24N2O3/c1-15(2,3)20-14(19)17-13(12(18)10-16-4)11-8-6-5-7-9-11/h5-9,12-13,16,18H,10H2,1-4H3,(H,17,19). The molecule has 1 aromatic rings. The topological polar surface area (TPSA) is 70.6 Å². The highest BCUT2D eigenvalue weighted by Gasteiger charge is 2.25. The molecule has 0 aromatic heterocycles. The summed E-state index contributed by atoms with van der Waals surface area (Å²) >= 11 is 0. The zero-order valence-electron chi connectivity index (χ0n) is 12.5. The van der Waals surface area contributed by atoms with Crippen LogP contribution in [0.5, 0.6) is 0 Å². The highest BCUT2D eigenvalue weighted by atomic mass is 16.6. The number of aliphatic hydroxyl groups is 1. The van der Waals surface area contributed by atoms with E-state index in [1.54, 1.807) is 27.8 Å². The summed E-state index contributed by atoms with van der Waals surface area (Å²) in [5, 5.41) is 15.8. The summed E-state index contributed by atoms with van der Waals surface area (Å²) in [5.41, 5.74) is 0.264. The molecular formula is C15H24N2O3. The number of rotatable bonds is 5. The maximum absolute atomic E-state index is 11.9. The summed E-state index contributed by atoms with van der Waals surface area (Å²) < 4.78 is 5.24. The van der Waals surface area contributed by atoms with Crippen LogP contribution in [0.1, 0.15) is 32.4 Å². The molecule has 2 atom stereocenters. The smallest absolute Gasteiger partial charge is 0.408 e. The highest BCUT2D eigenvalue weighted by molar-refractivity contribution is 5.68. The quantitative estimate of drug-likeness (QED) is 0.769. The lowest BCUT2D eigenvalue weighted by molar-refractivity contribution is 0.0422. The second-order valence-electron chi connectivity index (χ2n) is 5.66. The number of carbonyl (C=O) groups excluding carboxylic acids is 1. The predicted molar refractivity (Wildman–Crippen MR) is 78.5 cm³/mol. The largest absolute Gasteiger partial charge is 0.444 e. The number of hydrogen-bond donors (Lipinski definition) is 3. The molecule has 0 aliphatic carbocycles. The van der Waals surface area contributed by atoms with E-state index >= 15 is 0 Å². The number of alkyl carbamates (subject to hydrolysis) is 1. The summed E-state index contributed by atoms with van der Waals surface area (Å²) in [5.74, 6) is 0. The lowest BCUT2D eigenvalue weighted by Gasteiger charge is -2.27. The van der Waals surface area contributed by atoms with Crippen LogP contribution in [0.2, 0.25) is 0 Å². The summed E-state index contributed by atoms with van der Waals surface area (Å²) in [7, 11) is 1.75. The van der Waals surface area contributed by atoms with Crippen molar-refractivity contribution in [2.75, 3.05) is 13.6 Å². The van der Waals surface area contributed by atoms with E-state index in [0.29, 0.717) is 6.54 Å². The third kappa shape index (κ3) is 5.59. The van der Waals surface area contributed by atoms with Gasteiger partial charge < -0.3 is 20.5 Å². The molecule has 0 spiro atoms. The molecule has 3 N–H and O–H groups in total. The number of aliphatic hydroxyl groups excluding tert-OH is 1. The number of likely N-dealkylation sites (N-methyl/N-ethyl adjacent to an activating group) is 1. The van der Waals surface area contributed by atoms with Gasteiger partial charge in [0.1, 0.15) is 5.60 Å². The van der Waals surface area contributed by atoms with E-state index in [-0.39, 0.29) is 0 Å². The molecule has 0 aliphatic rings. The Bertz CT molecular complexity index is 415. The van der Waals surface area contributed by atoms with Gasteiger partial charge in [-0.05, 0) is 33.4 Å². The molecule has 0 saturated heterocycles. The lowest BCUT2D eigenvalue weighted by Crippen LogP contribution is -2.42. The van der Waals surface area contributed by atoms with Crippen molar-refractivity contribution in [2.24, 2.45) is 0 Å². The Balaban J connectivity index is 2.81. The predicted octanol–water partition coefficient (Wildman–Crippen LogP) is 1.83. The Kier molecular flexibility index (Phi) is 5.98. The highest BCUT2D eigenvalue weighted by Crippen LogP contribution is 2.18. The number of hydrogen-bond acceptors (Lipinski definition) is 4. The lowest BCUT2D eigenvalue weighted by atomic mass is 10.0. The Hall–Kier alpha value is -1.59. The van der Waals surface area contributed by atoms with Crippen molar-refractivity contribution in [3.05, 3.63) is 35.9 Å². The fourth-order valence-electron chi connectivity index (χ4n) is 1.82. The molecule has 0 heterocycles. The SMILES string of the molecule is CNCC(O)C(NC(=O)OC(C)(C)C)c1ccccc1. The number of amides is 1. The van der Waals surface area contributed by atoms with Gasteiger partial charge in [-0.3, -0.25) is 0 Å². The number of carbonyl (C=O) groups is 1. The molecule has 5 nitrogen and oxygen atoms in total. The Morgan fingerprint density at radius 2 is 1.90 bits per heavy atom. The zero-order valence-corrected chi connectivity index (χ0v) is 12.5. The normalized spacial score (nSPS) is 14.4. The van der Waals surface area contributed by atoms with Gasteiger partial charge in [0.15, 0.2) is 0 Å². The maximum Gasteiger partial charge on any atom is 0.408 e. The first-order valence-electron chi connectivity index (χ1n) is 6.70. The minimum absolute atomic E-state index is 0.370. The van der Waals surface area contributed by atoms with Crippen molar-refractivity contribution in [3.8, 4) is 0 Å². The van der Waals surface area contributed by atoms with Crippen molar-refractivity contribution in [1.82, 2.24) is 10.6 Å². The van der Waals surface area contributed by atoms with E-state index in [9.17, 15) is 9.90 Å². The van der Waals surface area contributed by atoms with Crippen molar-refractivity contribution >= 4 is 6.09 Å². The summed E-state index contributed by atoms with van der Waals surface area (Å²) in [6.45, 7) is 5.77. The van der Waals surface area contributed by atoms with Gasteiger partial charge in [0, 0.05) is 6.54 Å². The van der Waals surface area contributed by atoms with E-state index in [2.05, 4.69) is 10.6 Å². The van der Waals surface area contributed by atoms with Crippen molar-refractivity contribution in [1.29, 1.82) is 0 Å². The Morgan fingerprint density at radius 3 is 2.40 bits per heavy atom. The number of ether oxygens (including phenoxy) is 1. The molecule has 0 radical (unpaired) electrons. The zero-order chi connectivity index (χ0) is 15.2. The van der Waals surface area contributed by atoms with Crippen LogP contribution in [0.25, 0.3) is 0 Å². The molecular weight excluding hydrogens is 256 g/mol. The summed E-state index contributed by atoms with van der Waals surface area (Å²) in [6.07, 6.45) is -1.28. The first-order valence-corrected chi connectivity index (χ1v) is 6.70. The van der Waals surface area contributed by atoms with Crippen LogP contribution in [0.3, 0.4) is 0 Å². The van der Waals surface area contributed by atoms with Crippen LogP contribution in [0, 0.1) is 0 Å². The van der Waals surface area contributed by atoms with Crippen LogP contribution in [-0.2, 0) is 4.74 Å². The molecule has 0 saturated carbocycles. The Morgan fingerprint density at radius 1 is 1.30 bits per heavy atom. The fourth-order valence-corrected chi connectivity index (χ4v) is 1.82. The maximum atomic E-state index is 11.9. The first kappa shape index (κ1) is 16.5. The van der Waals surface area contributed by atoms with Crippen LogP contribution in [0.15, 0.2) is 30.3 Å². The van der Waals surface area contributed by atoms with E-state index in [1.807, 2.05) is 30.3 Å². The minimum Gasteiger partial charge on any atom is -0.444 e. The molecule has 20 heavy (non-hydrogen) atoms. The average molecular weight is 280 g/mol. The van der Waals surface area contributed by atoms with Gasteiger partial charge in [0.05, 0.1) is 12.1 Å². The third-order valence-electron chi connectivity index (χ3n) is 2.63. The molecule has 1 rings (SSSR count). The van der Waals surface area contributed by atoms with Gasteiger partial charge in [-0.2, -0.15) is 0 Å².